The van der Waals surface area contributed by atoms with E-state index in [1.165, 1.54) is 7.11 Å². The van der Waals surface area contributed by atoms with Gasteiger partial charge in [-0.25, -0.2) is 13.1 Å². The number of methoxy groups -OCH3 is 1. The van der Waals surface area contributed by atoms with Crippen molar-refractivity contribution in [3.8, 4) is 5.75 Å². The van der Waals surface area contributed by atoms with Gasteiger partial charge in [-0.05, 0) is 68.6 Å². The minimum atomic E-state index is -3.58. The summed E-state index contributed by atoms with van der Waals surface area (Å²) in [6, 6.07) is 9.06. The molecule has 1 saturated heterocycles. The molecular weight excluding hydrogens is 352 g/mol. The zero-order valence-electron chi connectivity index (χ0n) is 15.3. The Labute approximate surface area is 155 Å². The summed E-state index contributed by atoms with van der Waals surface area (Å²) in [7, 11) is -2.10. The molecule has 1 aromatic heterocycles. The highest BCUT2D eigenvalue weighted by Gasteiger charge is 2.24. The molecule has 1 N–H and O–H groups in total. The second kappa shape index (κ2) is 8.24. The van der Waals surface area contributed by atoms with Gasteiger partial charge in [-0.2, -0.15) is 0 Å². The van der Waals surface area contributed by atoms with Crippen molar-refractivity contribution in [2.45, 2.75) is 31.2 Å². The number of piperidine rings is 1. The quantitative estimate of drug-likeness (QED) is 0.802. The minimum Gasteiger partial charge on any atom is -0.495 e. The van der Waals surface area contributed by atoms with E-state index in [0.29, 0.717) is 18.2 Å². The summed E-state index contributed by atoms with van der Waals surface area (Å²) in [5.41, 5.74) is 0.886. The summed E-state index contributed by atoms with van der Waals surface area (Å²) in [6.07, 6.45) is 3.62. The topological polar surface area (TPSA) is 71.8 Å². The number of rotatable bonds is 7. The van der Waals surface area contributed by atoms with Crippen LogP contribution in [0.5, 0.6) is 5.75 Å². The van der Waals surface area contributed by atoms with E-state index in [4.69, 9.17) is 9.15 Å². The van der Waals surface area contributed by atoms with Crippen molar-refractivity contribution in [1.29, 1.82) is 0 Å². The Bertz CT molecular complexity index is 810. The van der Waals surface area contributed by atoms with Crippen LogP contribution in [0.4, 0.5) is 0 Å². The number of ether oxygens (including phenoxy) is 1. The largest absolute Gasteiger partial charge is 0.495 e. The van der Waals surface area contributed by atoms with E-state index in [9.17, 15) is 8.42 Å². The van der Waals surface area contributed by atoms with Gasteiger partial charge in [0.05, 0.1) is 19.9 Å². The Morgan fingerprint density at radius 1 is 1.27 bits per heavy atom. The molecule has 1 aromatic carbocycles. The number of benzene rings is 1. The molecule has 2 aromatic rings. The van der Waals surface area contributed by atoms with Gasteiger partial charge < -0.3 is 9.15 Å². The lowest BCUT2D eigenvalue weighted by molar-refractivity contribution is 0.168. The average molecular weight is 378 g/mol. The van der Waals surface area contributed by atoms with E-state index in [-0.39, 0.29) is 4.90 Å². The molecule has 0 amide bonds. The first kappa shape index (κ1) is 18.9. The molecule has 0 aliphatic carbocycles. The summed E-state index contributed by atoms with van der Waals surface area (Å²) in [5.74, 6) is 1.68. The van der Waals surface area contributed by atoms with Gasteiger partial charge in [0.25, 0.3) is 0 Å². The lowest BCUT2D eigenvalue weighted by Gasteiger charge is -2.31. The maximum atomic E-state index is 12.7. The fraction of sp³-hybridized carbons (Fsp3) is 0.474. The molecule has 7 heteroatoms. The van der Waals surface area contributed by atoms with Gasteiger partial charge in [0.1, 0.15) is 16.4 Å². The molecule has 1 aliphatic rings. The van der Waals surface area contributed by atoms with E-state index in [1.807, 2.05) is 25.1 Å². The molecule has 0 radical (unpaired) electrons. The predicted octanol–water partition coefficient (Wildman–Crippen LogP) is 2.79. The highest BCUT2D eigenvalue weighted by Crippen LogP contribution is 2.25. The van der Waals surface area contributed by atoms with Gasteiger partial charge in [0, 0.05) is 6.54 Å². The van der Waals surface area contributed by atoms with Crippen LogP contribution in [0.1, 0.15) is 24.2 Å². The van der Waals surface area contributed by atoms with Crippen LogP contribution in [0.3, 0.4) is 0 Å². The maximum Gasteiger partial charge on any atom is 0.244 e. The van der Waals surface area contributed by atoms with Crippen LogP contribution in [-0.2, 0) is 16.6 Å². The molecule has 1 aliphatic heterocycles. The van der Waals surface area contributed by atoms with Crippen molar-refractivity contribution in [3.05, 3.63) is 47.9 Å². The smallest absolute Gasteiger partial charge is 0.244 e. The van der Waals surface area contributed by atoms with Crippen molar-refractivity contribution < 1.29 is 17.6 Å². The fourth-order valence-electron chi connectivity index (χ4n) is 3.27. The molecule has 6 nitrogen and oxygen atoms in total. The van der Waals surface area contributed by atoms with Crippen molar-refractivity contribution in [2.24, 2.45) is 5.92 Å². The monoisotopic (exact) mass is 378 g/mol. The maximum absolute atomic E-state index is 12.7. The Balaban J connectivity index is 1.54. The van der Waals surface area contributed by atoms with Gasteiger partial charge in [-0.15, -0.1) is 0 Å². The zero-order chi connectivity index (χ0) is 18.6. The predicted molar refractivity (Wildman–Crippen MR) is 99.6 cm³/mol. The summed E-state index contributed by atoms with van der Waals surface area (Å²) in [6.45, 7) is 5.02. The number of hydrogen-bond acceptors (Lipinski definition) is 5. The third-order valence-corrected chi connectivity index (χ3v) is 6.28. The zero-order valence-corrected chi connectivity index (χ0v) is 16.1. The van der Waals surface area contributed by atoms with Crippen LogP contribution < -0.4 is 9.46 Å². The molecular formula is C19H26N2O4S. The molecule has 0 saturated carbocycles. The van der Waals surface area contributed by atoms with Gasteiger partial charge in [0.15, 0.2) is 0 Å². The molecule has 3 rings (SSSR count). The van der Waals surface area contributed by atoms with Crippen LogP contribution >= 0.6 is 0 Å². The van der Waals surface area contributed by atoms with Crippen LogP contribution in [-0.4, -0.2) is 40.1 Å². The van der Waals surface area contributed by atoms with E-state index in [1.54, 1.807) is 18.4 Å². The Morgan fingerprint density at radius 3 is 2.69 bits per heavy atom. The first-order valence-electron chi connectivity index (χ1n) is 8.87. The molecule has 2 heterocycles. The standard InChI is InChI=1S/C19H26N2O4S/c1-15-5-6-18(24-2)19(12-15)26(22,23)20-13-16-7-9-21(10-8-16)14-17-4-3-11-25-17/h3-6,11-12,16,20H,7-10,13-14H2,1-2H3. The second-order valence-electron chi connectivity index (χ2n) is 6.81. The van der Waals surface area contributed by atoms with E-state index in [2.05, 4.69) is 9.62 Å². The molecule has 0 atom stereocenters. The Hall–Kier alpha value is -1.83. The van der Waals surface area contributed by atoms with Gasteiger partial charge in [-0.3, -0.25) is 4.90 Å². The molecule has 26 heavy (non-hydrogen) atoms. The fourth-order valence-corrected chi connectivity index (χ4v) is 4.64. The normalized spacial score (nSPS) is 16.7. The molecule has 1 fully saturated rings. The third kappa shape index (κ3) is 4.66. The minimum absolute atomic E-state index is 0.204. The number of likely N-dealkylation sites (tertiary alicyclic amines) is 1. The van der Waals surface area contributed by atoms with Crippen LogP contribution in [0.2, 0.25) is 0 Å². The lowest BCUT2D eigenvalue weighted by atomic mass is 9.97. The Kier molecular flexibility index (Phi) is 6.01. The second-order valence-corrected chi connectivity index (χ2v) is 8.54. The van der Waals surface area contributed by atoms with Gasteiger partial charge in [0.2, 0.25) is 10.0 Å². The highest BCUT2D eigenvalue weighted by molar-refractivity contribution is 7.89. The number of nitrogens with one attached hydrogen (secondary N) is 1. The molecule has 0 unspecified atom stereocenters. The number of sulfonamides is 1. The van der Waals surface area contributed by atoms with Crippen molar-refractivity contribution in [3.63, 3.8) is 0 Å². The first-order chi connectivity index (χ1) is 12.5. The number of nitrogens with zero attached hydrogens (tertiary/aromatic N) is 1. The summed E-state index contributed by atoms with van der Waals surface area (Å²) >= 11 is 0. The van der Waals surface area contributed by atoms with Gasteiger partial charge in [-0.1, -0.05) is 6.07 Å². The Morgan fingerprint density at radius 2 is 2.04 bits per heavy atom. The van der Waals surface area contributed by atoms with E-state index >= 15 is 0 Å². The third-order valence-electron chi connectivity index (χ3n) is 4.84. The number of furan rings is 1. The van der Waals surface area contributed by atoms with E-state index in [0.717, 1.165) is 43.8 Å². The lowest BCUT2D eigenvalue weighted by Crippen LogP contribution is -2.38. The average Bonchev–Trinajstić information content (AvgIpc) is 3.14. The van der Waals surface area contributed by atoms with Crippen LogP contribution in [0.15, 0.2) is 45.9 Å². The molecule has 142 valence electrons. The van der Waals surface area contributed by atoms with Crippen molar-refractivity contribution in [2.75, 3.05) is 26.7 Å². The summed E-state index contributed by atoms with van der Waals surface area (Å²) in [5, 5.41) is 0. The van der Waals surface area contributed by atoms with E-state index < -0.39 is 10.0 Å². The number of hydrogen-bond donors (Lipinski definition) is 1. The van der Waals surface area contributed by atoms with Crippen molar-refractivity contribution in [1.82, 2.24) is 9.62 Å². The highest BCUT2D eigenvalue weighted by atomic mass is 32.2. The summed E-state index contributed by atoms with van der Waals surface area (Å²) in [4.78, 5) is 2.54. The molecule has 0 spiro atoms. The molecule has 0 bridgehead atoms. The summed E-state index contributed by atoms with van der Waals surface area (Å²) < 4.78 is 38.7. The number of aryl methyl sites for hydroxylation is 1. The van der Waals surface area contributed by atoms with Crippen LogP contribution in [0, 0.1) is 12.8 Å². The van der Waals surface area contributed by atoms with Gasteiger partial charge >= 0.3 is 0 Å². The van der Waals surface area contributed by atoms with Crippen LogP contribution in [0.25, 0.3) is 0 Å². The van der Waals surface area contributed by atoms with Crippen molar-refractivity contribution >= 4 is 10.0 Å². The first-order valence-corrected chi connectivity index (χ1v) is 10.4. The SMILES string of the molecule is COc1ccc(C)cc1S(=O)(=O)NCC1CCN(Cc2ccco2)CC1.